The van der Waals surface area contributed by atoms with Gasteiger partial charge in [-0.1, -0.05) is 23.8 Å². The number of thiophene rings is 1. The highest BCUT2D eigenvalue weighted by Gasteiger charge is 2.29. The second-order valence-corrected chi connectivity index (χ2v) is 9.28. The summed E-state index contributed by atoms with van der Waals surface area (Å²) in [5.74, 6) is 0.458. The lowest BCUT2D eigenvalue weighted by atomic mass is 10.2. The van der Waals surface area contributed by atoms with E-state index in [-0.39, 0.29) is 21.9 Å². The maximum Gasteiger partial charge on any atom is 0.240 e. The van der Waals surface area contributed by atoms with E-state index in [1.54, 1.807) is 24.3 Å². The average molecular weight is 405 g/mol. The summed E-state index contributed by atoms with van der Waals surface area (Å²) in [6.45, 7) is 3.13. The number of hydrogen-bond acceptors (Lipinski definition) is 7. The average Bonchev–Trinajstić information content (AvgIpc) is 3.40. The molecule has 2 aromatic heterocycles. The normalized spacial score (nSPS) is 17.3. The highest BCUT2D eigenvalue weighted by molar-refractivity contribution is 7.91. The summed E-state index contributed by atoms with van der Waals surface area (Å²) in [7, 11) is -3.81. The summed E-state index contributed by atoms with van der Waals surface area (Å²) in [6, 6.07) is 10.4. The van der Waals surface area contributed by atoms with Crippen LogP contribution >= 0.6 is 11.3 Å². The van der Waals surface area contributed by atoms with Gasteiger partial charge in [-0.2, -0.15) is 4.98 Å². The number of sulfone groups is 1. The van der Waals surface area contributed by atoms with E-state index in [0.717, 1.165) is 29.9 Å². The van der Waals surface area contributed by atoms with Gasteiger partial charge in [0.15, 0.2) is 0 Å². The number of benzene rings is 1. The Bertz CT molecular complexity index is 1000. The van der Waals surface area contributed by atoms with E-state index in [2.05, 4.69) is 10.3 Å². The van der Waals surface area contributed by atoms with Crippen molar-refractivity contribution in [1.82, 2.24) is 4.98 Å². The van der Waals surface area contributed by atoms with Crippen LogP contribution in [0.2, 0.25) is 0 Å². The van der Waals surface area contributed by atoms with Crippen LogP contribution in [0.3, 0.4) is 0 Å². The minimum absolute atomic E-state index is 0.0511. The van der Waals surface area contributed by atoms with Crippen LogP contribution in [0.15, 0.2) is 56.1 Å². The van der Waals surface area contributed by atoms with Gasteiger partial charge in [-0.05, 0) is 43.3 Å². The Morgan fingerprint density at radius 2 is 2.07 bits per heavy atom. The van der Waals surface area contributed by atoms with Crippen LogP contribution in [0.5, 0.6) is 0 Å². The topological polar surface area (TPSA) is 81.4 Å². The molecule has 0 bridgehead atoms. The van der Waals surface area contributed by atoms with Crippen LogP contribution in [0.4, 0.5) is 5.88 Å². The molecule has 4 rings (SSSR count). The van der Waals surface area contributed by atoms with E-state index in [9.17, 15) is 8.42 Å². The monoisotopic (exact) mass is 404 g/mol. The molecule has 1 fully saturated rings. The fourth-order valence-electron chi connectivity index (χ4n) is 2.95. The highest BCUT2D eigenvalue weighted by atomic mass is 32.2. The van der Waals surface area contributed by atoms with Crippen molar-refractivity contribution in [3.8, 4) is 10.8 Å². The third kappa shape index (κ3) is 3.78. The van der Waals surface area contributed by atoms with Crippen LogP contribution < -0.4 is 5.32 Å². The van der Waals surface area contributed by atoms with Gasteiger partial charge in [0.05, 0.1) is 15.9 Å². The fraction of sp³-hybridized carbons (Fsp3) is 0.316. The molecular weight excluding hydrogens is 384 g/mol. The standard InChI is InChI=1S/C19H20N2O4S2/c1-13-6-8-15(9-7-13)27(22,23)19-18(20-12-14-4-2-10-24-14)25-17(21-19)16-5-3-11-26-16/h3,5-9,11,14,20H,2,4,10,12H2,1H3/t14-/m1/s1. The number of anilines is 1. The van der Waals surface area contributed by atoms with Gasteiger partial charge in [0.1, 0.15) is 0 Å². The van der Waals surface area contributed by atoms with Crippen LogP contribution in [0.1, 0.15) is 18.4 Å². The molecular formula is C19H20N2O4S2. The molecule has 1 saturated heterocycles. The molecule has 6 nitrogen and oxygen atoms in total. The minimum atomic E-state index is -3.81. The first-order valence-electron chi connectivity index (χ1n) is 8.76. The van der Waals surface area contributed by atoms with Gasteiger partial charge in [-0.3, -0.25) is 0 Å². The largest absolute Gasteiger partial charge is 0.418 e. The lowest BCUT2D eigenvalue weighted by Gasteiger charge is -2.10. The Labute approximate surface area is 162 Å². The Balaban J connectivity index is 1.71. The maximum atomic E-state index is 13.2. The Morgan fingerprint density at radius 1 is 1.26 bits per heavy atom. The Hall–Kier alpha value is -2.16. The van der Waals surface area contributed by atoms with E-state index in [0.29, 0.717) is 12.4 Å². The van der Waals surface area contributed by atoms with Gasteiger partial charge in [-0.25, -0.2) is 8.42 Å². The zero-order valence-corrected chi connectivity index (χ0v) is 16.5. The summed E-state index contributed by atoms with van der Waals surface area (Å²) in [6.07, 6.45) is 2.01. The molecule has 1 atom stereocenters. The van der Waals surface area contributed by atoms with Crippen molar-refractivity contribution in [2.75, 3.05) is 18.5 Å². The summed E-state index contributed by atoms with van der Waals surface area (Å²) < 4.78 is 37.7. The molecule has 0 amide bonds. The molecule has 1 aliphatic heterocycles. The van der Waals surface area contributed by atoms with Crippen LogP contribution in [-0.2, 0) is 14.6 Å². The Kier molecular flexibility index (Phi) is 5.03. The number of aryl methyl sites for hydroxylation is 1. The van der Waals surface area contributed by atoms with Gasteiger partial charge in [0.2, 0.25) is 26.6 Å². The van der Waals surface area contributed by atoms with E-state index in [4.69, 9.17) is 9.15 Å². The van der Waals surface area contributed by atoms with E-state index >= 15 is 0 Å². The van der Waals surface area contributed by atoms with Crippen LogP contribution in [0, 0.1) is 6.92 Å². The molecule has 1 aliphatic rings. The third-order valence-corrected chi connectivity index (χ3v) is 6.96. The fourth-order valence-corrected chi connectivity index (χ4v) is 4.87. The third-order valence-electron chi connectivity index (χ3n) is 4.43. The van der Waals surface area contributed by atoms with Crippen molar-refractivity contribution in [3.63, 3.8) is 0 Å². The zero-order chi connectivity index (χ0) is 18.9. The molecule has 3 heterocycles. The lowest BCUT2D eigenvalue weighted by Crippen LogP contribution is -2.19. The second kappa shape index (κ2) is 7.46. The van der Waals surface area contributed by atoms with Crippen LogP contribution in [-0.4, -0.2) is 32.7 Å². The molecule has 0 aliphatic carbocycles. The first-order valence-corrected chi connectivity index (χ1v) is 11.1. The predicted molar refractivity (Wildman–Crippen MR) is 104 cm³/mol. The number of oxazole rings is 1. The predicted octanol–water partition coefficient (Wildman–Crippen LogP) is 4.14. The first-order chi connectivity index (χ1) is 13.0. The maximum absolute atomic E-state index is 13.2. The zero-order valence-electron chi connectivity index (χ0n) is 14.8. The number of ether oxygens (including phenoxy) is 1. The molecule has 3 aromatic rings. The summed E-state index contributed by atoms with van der Waals surface area (Å²) in [4.78, 5) is 5.29. The number of aromatic nitrogens is 1. The molecule has 0 unspecified atom stereocenters. The SMILES string of the molecule is Cc1ccc(S(=O)(=O)c2nc(-c3cccs3)oc2NC[C@H]2CCCO2)cc1. The molecule has 0 spiro atoms. The molecule has 8 heteroatoms. The van der Waals surface area contributed by atoms with Crippen molar-refractivity contribution in [3.05, 3.63) is 47.3 Å². The van der Waals surface area contributed by atoms with Gasteiger partial charge < -0.3 is 14.5 Å². The van der Waals surface area contributed by atoms with Crippen LogP contribution in [0.25, 0.3) is 10.8 Å². The number of nitrogens with one attached hydrogen (secondary N) is 1. The number of rotatable bonds is 6. The summed E-state index contributed by atoms with van der Waals surface area (Å²) >= 11 is 1.45. The minimum Gasteiger partial charge on any atom is -0.418 e. The van der Waals surface area contributed by atoms with Crippen molar-refractivity contribution in [2.45, 2.75) is 35.8 Å². The Morgan fingerprint density at radius 3 is 2.74 bits per heavy atom. The summed E-state index contributed by atoms with van der Waals surface area (Å²) in [5.41, 5.74) is 0.991. The molecule has 0 saturated carbocycles. The molecule has 0 radical (unpaired) electrons. The van der Waals surface area contributed by atoms with Crippen molar-refractivity contribution >= 4 is 27.1 Å². The van der Waals surface area contributed by atoms with Crippen molar-refractivity contribution < 1.29 is 17.6 Å². The molecule has 27 heavy (non-hydrogen) atoms. The molecule has 1 N–H and O–H groups in total. The van der Waals surface area contributed by atoms with Gasteiger partial charge >= 0.3 is 0 Å². The van der Waals surface area contributed by atoms with E-state index < -0.39 is 9.84 Å². The number of hydrogen-bond donors (Lipinski definition) is 1. The van der Waals surface area contributed by atoms with Gasteiger partial charge in [0.25, 0.3) is 0 Å². The molecule has 142 valence electrons. The van der Waals surface area contributed by atoms with E-state index in [1.807, 2.05) is 24.4 Å². The highest BCUT2D eigenvalue weighted by Crippen LogP contribution is 2.34. The number of nitrogens with zero attached hydrogens (tertiary/aromatic N) is 1. The summed E-state index contributed by atoms with van der Waals surface area (Å²) in [5, 5.41) is 4.90. The van der Waals surface area contributed by atoms with Crippen molar-refractivity contribution in [1.29, 1.82) is 0 Å². The lowest BCUT2D eigenvalue weighted by molar-refractivity contribution is 0.120. The molecule has 1 aromatic carbocycles. The van der Waals surface area contributed by atoms with Gasteiger partial charge in [-0.15, -0.1) is 11.3 Å². The van der Waals surface area contributed by atoms with Crippen molar-refractivity contribution in [2.24, 2.45) is 0 Å². The van der Waals surface area contributed by atoms with Gasteiger partial charge in [0, 0.05) is 13.2 Å². The smallest absolute Gasteiger partial charge is 0.240 e. The quantitative estimate of drug-likeness (QED) is 0.665. The first kappa shape index (κ1) is 18.2. The van der Waals surface area contributed by atoms with E-state index in [1.165, 1.54) is 11.3 Å². The second-order valence-electron chi connectivity index (χ2n) is 6.46.